The van der Waals surface area contributed by atoms with Gasteiger partial charge in [-0.3, -0.25) is 9.78 Å². The standard InChI is InChI=1S/C25H35BrFN3O2Si/c1-15-12-17(13-16(2)22(15)32-33(6,7)25(3,4)5)18-10-11-28-14-21(18)30-24(31)20-9-8-19(27)23(26)29-20/h8-11,14-17,22H,12-13H2,1-7H3,(H,30,31)/t15-,16-,17?,22?/m1/s1. The fourth-order valence-corrected chi connectivity index (χ4v) is 6.24. The molecular formula is C25H35BrFN3O2Si. The Hall–Kier alpha value is -1.64. The molecule has 2 heterocycles. The number of anilines is 1. The lowest BCUT2D eigenvalue weighted by Crippen LogP contribution is -2.49. The van der Waals surface area contributed by atoms with E-state index in [4.69, 9.17) is 4.43 Å². The maximum Gasteiger partial charge on any atom is 0.274 e. The van der Waals surface area contributed by atoms with Crippen molar-refractivity contribution in [3.8, 4) is 0 Å². The minimum absolute atomic E-state index is 0.0178. The molecule has 1 aliphatic carbocycles. The van der Waals surface area contributed by atoms with Gasteiger partial charge in [0, 0.05) is 6.20 Å². The first-order chi connectivity index (χ1) is 15.3. The average molecular weight is 537 g/mol. The molecule has 1 aliphatic rings. The van der Waals surface area contributed by atoms with Gasteiger partial charge < -0.3 is 9.74 Å². The Labute approximate surface area is 206 Å². The molecule has 0 bridgehead atoms. The van der Waals surface area contributed by atoms with Crippen LogP contribution >= 0.6 is 15.9 Å². The Morgan fingerprint density at radius 2 is 1.82 bits per heavy atom. The summed E-state index contributed by atoms with van der Waals surface area (Å²) in [4.78, 5) is 21.0. The number of halogens is 2. The summed E-state index contributed by atoms with van der Waals surface area (Å²) in [5, 5.41) is 3.11. The maximum absolute atomic E-state index is 13.5. The molecular weight excluding hydrogens is 501 g/mol. The second-order valence-corrected chi connectivity index (χ2v) is 16.4. The molecule has 0 aliphatic heterocycles. The summed E-state index contributed by atoms with van der Waals surface area (Å²) < 4.78 is 20.4. The van der Waals surface area contributed by atoms with Crippen LogP contribution < -0.4 is 5.32 Å². The predicted octanol–water partition coefficient (Wildman–Crippen LogP) is 7.17. The fraction of sp³-hybridized carbons (Fsp3) is 0.560. The van der Waals surface area contributed by atoms with Crippen LogP contribution in [0, 0.1) is 17.7 Å². The van der Waals surface area contributed by atoms with Gasteiger partial charge in [0.1, 0.15) is 10.3 Å². The van der Waals surface area contributed by atoms with E-state index < -0.39 is 14.1 Å². The van der Waals surface area contributed by atoms with E-state index in [0.29, 0.717) is 23.4 Å². The van der Waals surface area contributed by atoms with Crippen LogP contribution in [-0.2, 0) is 4.43 Å². The fourth-order valence-electron chi connectivity index (χ4n) is 4.42. The number of rotatable bonds is 5. The van der Waals surface area contributed by atoms with E-state index in [0.717, 1.165) is 18.4 Å². The van der Waals surface area contributed by atoms with Crippen molar-refractivity contribution in [2.45, 2.75) is 77.6 Å². The monoisotopic (exact) mass is 535 g/mol. The summed E-state index contributed by atoms with van der Waals surface area (Å²) in [5.41, 5.74) is 1.90. The summed E-state index contributed by atoms with van der Waals surface area (Å²) in [6.45, 7) is 16.0. The molecule has 1 saturated carbocycles. The van der Waals surface area contributed by atoms with E-state index in [-0.39, 0.29) is 27.3 Å². The highest BCUT2D eigenvalue weighted by Crippen LogP contribution is 2.46. The Kier molecular flexibility index (Phi) is 7.81. The minimum atomic E-state index is -1.86. The molecule has 8 heteroatoms. The highest BCUT2D eigenvalue weighted by molar-refractivity contribution is 9.10. The van der Waals surface area contributed by atoms with Crippen LogP contribution in [-0.4, -0.2) is 30.3 Å². The zero-order valence-corrected chi connectivity index (χ0v) is 23.2. The van der Waals surface area contributed by atoms with E-state index >= 15 is 0 Å². The number of hydrogen-bond acceptors (Lipinski definition) is 4. The van der Waals surface area contributed by atoms with Crippen LogP contribution in [0.2, 0.25) is 18.1 Å². The quantitative estimate of drug-likeness (QED) is 0.325. The van der Waals surface area contributed by atoms with E-state index in [1.54, 1.807) is 12.4 Å². The number of carbonyl (C=O) groups is 1. The SMILES string of the molecule is C[C@@H]1CC(c2ccncc2NC(=O)c2ccc(F)c(Br)n2)C[C@@H](C)C1O[Si](C)(C)C(C)(C)C. The molecule has 1 N–H and O–H groups in total. The second-order valence-electron chi connectivity index (χ2n) is 10.9. The highest BCUT2D eigenvalue weighted by atomic mass is 79.9. The number of nitrogens with zero attached hydrogens (tertiary/aromatic N) is 2. The van der Waals surface area contributed by atoms with Gasteiger partial charge >= 0.3 is 0 Å². The number of nitrogens with one attached hydrogen (secondary N) is 1. The lowest BCUT2D eigenvalue weighted by Gasteiger charge is -2.46. The van der Waals surface area contributed by atoms with Crippen molar-refractivity contribution in [3.63, 3.8) is 0 Å². The van der Waals surface area contributed by atoms with Gasteiger partial charge in [0.15, 0.2) is 14.1 Å². The molecule has 0 spiro atoms. The van der Waals surface area contributed by atoms with Crippen molar-refractivity contribution in [2.24, 2.45) is 11.8 Å². The third kappa shape index (κ3) is 5.89. The van der Waals surface area contributed by atoms with Crippen LogP contribution in [0.1, 0.15) is 69.4 Å². The summed E-state index contributed by atoms with van der Waals surface area (Å²) in [6, 6.07) is 4.59. The summed E-state index contributed by atoms with van der Waals surface area (Å²) in [5.74, 6) is 0.202. The Balaban J connectivity index is 1.77. The molecule has 180 valence electrons. The molecule has 0 unspecified atom stereocenters. The van der Waals surface area contributed by atoms with Crippen molar-refractivity contribution >= 4 is 35.8 Å². The summed E-state index contributed by atoms with van der Waals surface area (Å²) in [6.07, 6.45) is 5.65. The second kappa shape index (κ2) is 9.92. The van der Waals surface area contributed by atoms with Crippen LogP contribution in [0.4, 0.5) is 10.1 Å². The van der Waals surface area contributed by atoms with Crippen LogP contribution in [0.3, 0.4) is 0 Å². The largest absolute Gasteiger partial charge is 0.413 e. The number of aromatic nitrogens is 2. The predicted molar refractivity (Wildman–Crippen MR) is 136 cm³/mol. The average Bonchev–Trinajstić information content (AvgIpc) is 2.72. The topological polar surface area (TPSA) is 64.1 Å². The molecule has 2 aromatic heterocycles. The molecule has 5 nitrogen and oxygen atoms in total. The smallest absolute Gasteiger partial charge is 0.274 e. The number of hydrogen-bond donors (Lipinski definition) is 1. The zero-order chi connectivity index (χ0) is 24.6. The van der Waals surface area contributed by atoms with Gasteiger partial charge in [0.25, 0.3) is 5.91 Å². The molecule has 0 aromatic carbocycles. The molecule has 2 atom stereocenters. The number of pyridine rings is 2. The van der Waals surface area contributed by atoms with Gasteiger partial charge in [-0.25, -0.2) is 9.37 Å². The molecule has 1 amide bonds. The first-order valence-corrected chi connectivity index (χ1v) is 15.3. The molecule has 0 radical (unpaired) electrons. The first-order valence-electron chi connectivity index (χ1n) is 11.5. The molecule has 0 saturated heterocycles. The third-order valence-corrected chi connectivity index (χ3v) is 12.3. The molecule has 33 heavy (non-hydrogen) atoms. The lowest BCUT2D eigenvalue weighted by atomic mass is 9.72. The third-order valence-electron chi connectivity index (χ3n) is 7.25. The highest BCUT2D eigenvalue weighted by Gasteiger charge is 2.43. The van der Waals surface area contributed by atoms with Gasteiger partial charge in [-0.1, -0.05) is 34.6 Å². The van der Waals surface area contributed by atoms with Crippen LogP contribution in [0.25, 0.3) is 0 Å². The Morgan fingerprint density at radius 3 is 2.39 bits per heavy atom. The summed E-state index contributed by atoms with van der Waals surface area (Å²) in [7, 11) is -1.86. The van der Waals surface area contributed by atoms with E-state index in [1.807, 2.05) is 6.07 Å². The number of amides is 1. The lowest BCUT2D eigenvalue weighted by molar-refractivity contribution is 0.0349. The van der Waals surface area contributed by atoms with E-state index in [2.05, 4.69) is 78.9 Å². The van der Waals surface area contributed by atoms with Gasteiger partial charge in [-0.2, -0.15) is 0 Å². The van der Waals surface area contributed by atoms with Gasteiger partial charge in [-0.05, 0) is 88.4 Å². The maximum atomic E-state index is 13.5. The van der Waals surface area contributed by atoms with Crippen LogP contribution in [0.5, 0.6) is 0 Å². The van der Waals surface area contributed by atoms with Gasteiger partial charge in [-0.15, -0.1) is 0 Å². The zero-order valence-electron chi connectivity index (χ0n) is 20.6. The first kappa shape index (κ1) is 26.0. The van der Waals surface area contributed by atoms with Crippen molar-refractivity contribution in [2.75, 3.05) is 5.32 Å². The van der Waals surface area contributed by atoms with E-state index in [1.165, 1.54) is 12.1 Å². The molecule has 2 aromatic rings. The van der Waals surface area contributed by atoms with Crippen molar-refractivity contribution in [1.82, 2.24) is 9.97 Å². The molecule has 1 fully saturated rings. The Bertz CT molecular complexity index is 999. The van der Waals surface area contributed by atoms with Crippen molar-refractivity contribution in [1.29, 1.82) is 0 Å². The normalized spacial score (nSPS) is 23.9. The minimum Gasteiger partial charge on any atom is -0.413 e. The number of carbonyl (C=O) groups excluding carboxylic acids is 1. The van der Waals surface area contributed by atoms with Gasteiger partial charge in [0.2, 0.25) is 0 Å². The van der Waals surface area contributed by atoms with Crippen molar-refractivity contribution < 1.29 is 13.6 Å². The van der Waals surface area contributed by atoms with Crippen LogP contribution in [0.15, 0.2) is 35.2 Å². The summed E-state index contributed by atoms with van der Waals surface area (Å²) >= 11 is 3.04. The van der Waals surface area contributed by atoms with Crippen molar-refractivity contribution in [3.05, 3.63) is 52.3 Å². The van der Waals surface area contributed by atoms with E-state index in [9.17, 15) is 9.18 Å². The molecule has 3 rings (SSSR count). The van der Waals surface area contributed by atoms with Gasteiger partial charge in [0.05, 0.1) is 18.0 Å². The Morgan fingerprint density at radius 1 is 1.18 bits per heavy atom.